The number of piperazine rings is 1. The second-order valence-electron chi connectivity index (χ2n) is 5.07. The Kier molecular flexibility index (Phi) is 3.91. The third-order valence-electron chi connectivity index (χ3n) is 2.65. The fourth-order valence-corrected chi connectivity index (χ4v) is 1.95. The molecule has 0 bridgehead atoms. The predicted molar refractivity (Wildman–Crippen MR) is 59.8 cm³/mol. The van der Waals surface area contributed by atoms with Crippen LogP contribution in [0.2, 0.25) is 0 Å². The van der Waals surface area contributed by atoms with Crippen LogP contribution in [0.5, 0.6) is 0 Å². The van der Waals surface area contributed by atoms with Crippen molar-refractivity contribution in [2.24, 2.45) is 5.41 Å². The summed E-state index contributed by atoms with van der Waals surface area (Å²) >= 11 is 0. The summed E-state index contributed by atoms with van der Waals surface area (Å²) < 4.78 is 4.96. The van der Waals surface area contributed by atoms with E-state index < -0.39 is 6.04 Å². The summed E-state index contributed by atoms with van der Waals surface area (Å²) in [5.41, 5.74) is -0.270. The molecular weight excluding hydrogens is 208 g/mol. The summed E-state index contributed by atoms with van der Waals surface area (Å²) in [5, 5.41) is 2.62. The highest BCUT2D eigenvalue weighted by Gasteiger charge is 2.41. The number of hydrogen-bond donors (Lipinski definition) is 1. The molecule has 5 nitrogen and oxygen atoms in total. The van der Waals surface area contributed by atoms with E-state index in [0.29, 0.717) is 13.2 Å². The fraction of sp³-hybridized carbons (Fsp3) is 0.818. The summed E-state index contributed by atoms with van der Waals surface area (Å²) in [7, 11) is 1.58. The number of carbonyl (C=O) groups is 2. The smallest absolute Gasteiger partial charge is 0.243 e. The lowest BCUT2D eigenvalue weighted by molar-refractivity contribution is -0.150. The van der Waals surface area contributed by atoms with Crippen molar-refractivity contribution < 1.29 is 14.3 Å². The molecule has 0 radical (unpaired) electrons. The zero-order valence-corrected chi connectivity index (χ0v) is 10.4. The van der Waals surface area contributed by atoms with E-state index in [4.69, 9.17) is 4.74 Å². The molecule has 1 N–H and O–H groups in total. The zero-order valence-electron chi connectivity index (χ0n) is 10.4. The largest absolute Gasteiger partial charge is 0.383 e. The summed E-state index contributed by atoms with van der Waals surface area (Å²) in [6.07, 6.45) is 0. The van der Waals surface area contributed by atoms with Crippen molar-refractivity contribution in [2.75, 3.05) is 26.8 Å². The first-order valence-electron chi connectivity index (χ1n) is 5.44. The number of methoxy groups -OCH3 is 1. The van der Waals surface area contributed by atoms with Crippen molar-refractivity contribution in [1.29, 1.82) is 0 Å². The molecule has 0 spiro atoms. The van der Waals surface area contributed by atoms with Gasteiger partial charge in [0.2, 0.25) is 11.8 Å². The van der Waals surface area contributed by atoms with Gasteiger partial charge in [-0.05, 0) is 5.41 Å². The van der Waals surface area contributed by atoms with Gasteiger partial charge in [-0.2, -0.15) is 0 Å². The van der Waals surface area contributed by atoms with Crippen LogP contribution in [0.15, 0.2) is 0 Å². The summed E-state index contributed by atoms with van der Waals surface area (Å²) in [6, 6.07) is -0.413. The first-order chi connectivity index (χ1) is 7.38. The highest BCUT2D eigenvalue weighted by molar-refractivity contribution is 5.95. The van der Waals surface area contributed by atoms with Gasteiger partial charge in [-0.15, -0.1) is 0 Å². The predicted octanol–water partition coefficient (Wildman–Crippen LogP) is 0.00590. The van der Waals surface area contributed by atoms with Crippen LogP contribution in [-0.2, 0) is 14.3 Å². The number of hydrogen-bond acceptors (Lipinski definition) is 3. The van der Waals surface area contributed by atoms with Crippen LogP contribution in [0.1, 0.15) is 20.8 Å². The van der Waals surface area contributed by atoms with E-state index in [0.717, 1.165) is 0 Å². The van der Waals surface area contributed by atoms with Crippen molar-refractivity contribution in [3.05, 3.63) is 0 Å². The molecule has 1 fully saturated rings. The first-order valence-corrected chi connectivity index (χ1v) is 5.44. The minimum absolute atomic E-state index is 0.0448. The maximum Gasteiger partial charge on any atom is 0.243 e. The quantitative estimate of drug-likeness (QED) is 0.740. The van der Waals surface area contributed by atoms with Crippen LogP contribution in [-0.4, -0.2) is 49.6 Å². The second-order valence-corrected chi connectivity index (χ2v) is 5.07. The normalized spacial score (nSPS) is 22.2. The Hall–Kier alpha value is -1.10. The lowest BCUT2D eigenvalue weighted by Gasteiger charge is -2.41. The van der Waals surface area contributed by atoms with E-state index in [1.54, 1.807) is 12.0 Å². The SMILES string of the molecule is COCCN1C(=O)CNC(=O)C1C(C)(C)C. The topological polar surface area (TPSA) is 58.6 Å². The van der Waals surface area contributed by atoms with Crippen LogP contribution in [0.3, 0.4) is 0 Å². The summed E-state index contributed by atoms with van der Waals surface area (Å²) in [5.74, 6) is -0.125. The third-order valence-corrected chi connectivity index (χ3v) is 2.65. The maximum absolute atomic E-state index is 11.8. The molecule has 2 amide bonds. The minimum atomic E-state index is -0.413. The van der Waals surface area contributed by atoms with Gasteiger partial charge < -0.3 is 15.0 Å². The molecule has 0 saturated carbocycles. The van der Waals surface area contributed by atoms with Gasteiger partial charge in [-0.25, -0.2) is 0 Å². The molecule has 1 atom stereocenters. The van der Waals surface area contributed by atoms with Gasteiger partial charge >= 0.3 is 0 Å². The maximum atomic E-state index is 11.8. The molecule has 1 rings (SSSR count). The van der Waals surface area contributed by atoms with Crippen LogP contribution >= 0.6 is 0 Å². The Balaban J connectivity index is 2.86. The van der Waals surface area contributed by atoms with Crippen molar-refractivity contribution in [3.63, 3.8) is 0 Å². The molecular formula is C11H20N2O3. The Morgan fingerprint density at radius 1 is 1.44 bits per heavy atom. The summed E-state index contributed by atoms with van der Waals surface area (Å²) in [6.45, 7) is 6.87. The van der Waals surface area contributed by atoms with Crippen LogP contribution in [0.4, 0.5) is 0 Å². The van der Waals surface area contributed by atoms with E-state index in [-0.39, 0.29) is 23.8 Å². The minimum Gasteiger partial charge on any atom is -0.383 e. The fourth-order valence-electron chi connectivity index (χ4n) is 1.95. The van der Waals surface area contributed by atoms with E-state index >= 15 is 0 Å². The lowest BCUT2D eigenvalue weighted by Crippen LogP contribution is -2.63. The van der Waals surface area contributed by atoms with Gasteiger partial charge in [0, 0.05) is 13.7 Å². The molecule has 1 aliphatic rings. The van der Waals surface area contributed by atoms with Crippen LogP contribution in [0, 0.1) is 5.41 Å². The molecule has 16 heavy (non-hydrogen) atoms. The molecule has 1 unspecified atom stereocenters. The number of rotatable bonds is 3. The van der Waals surface area contributed by atoms with Crippen molar-refractivity contribution in [1.82, 2.24) is 10.2 Å². The molecule has 1 aliphatic heterocycles. The Labute approximate surface area is 96.1 Å². The standard InChI is InChI=1S/C11H20N2O3/c1-11(2,3)9-10(15)12-7-8(14)13(9)5-6-16-4/h9H,5-7H2,1-4H3,(H,12,15). The van der Waals surface area contributed by atoms with Gasteiger partial charge in [-0.1, -0.05) is 20.8 Å². The lowest BCUT2D eigenvalue weighted by atomic mass is 9.84. The number of amides is 2. The van der Waals surface area contributed by atoms with Gasteiger partial charge in [0.25, 0.3) is 0 Å². The molecule has 0 aromatic carbocycles. The second kappa shape index (κ2) is 4.82. The number of ether oxygens (including phenoxy) is 1. The number of nitrogens with zero attached hydrogens (tertiary/aromatic N) is 1. The zero-order chi connectivity index (χ0) is 12.3. The van der Waals surface area contributed by atoms with E-state index in [2.05, 4.69) is 5.32 Å². The Morgan fingerprint density at radius 3 is 2.56 bits per heavy atom. The highest BCUT2D eigenvalue weighted by atomic mass is 16.5. The van der Waals surface area contributed by atoms with E-state index in [1.807, 2.05) is 20.8 Å². The molecule has 0 aromatic heterocycles. The molecule has 1 saturated heterocycles. The molecule has 92 valence electrons. The van der Waals surface area contributed by atoms with Crippen molar-refractivity contribution >= 4 is 11.8 Å². The third kappa shape index (κ3) is 2.72. The van der Waals surface area contributed by atoms with Gasteiger partial charge in [-0.3, -0.25) is 9.59 Å². The summed E-state index contributed by atoms with van der Waals surface area (Å²) in [4.78, 5) is 25.2. The monoisotopic (exact) mass is 228 g/mol. The average Bonchev–Trinajstić information content (AvgIpc) is 2.17. The molecule has 5 heteroatoms. The highest BCUT2D eigenvalue weighted by Crippen LogP contribution is 2.26. The molecule has 1 heterocycles. The first kappa shape index (κ1) is 13.0. The number of carbonyl (C=O) groups excluding carboxylic acids is 2. The molecule has 0 aliphatic carbocycles. The van der Waals surface area contributed by atoms with Crippen molar-refractivity contribution in [3.8, 4) is 0 Å². The number of nitrogens with one attached hydrogen (secondary N) is 1. The Morgan fingerprint density at radius 2 is 2.06 bits per heavy atom. The van der Waals surface area contributed by atoms with Gasteiger partial charge in [0.1, 0.15) is 6.04 Å². The van der Waals surface area contributed by atoms with E-state index in [9.17, 15) is 9.59 Å². The Bertz CT molecular complexity index is 283. The van der Waals surface area contributed by atoms with Gasteiger partial charge in [0.15, 0.2) is 0 Å². The van der Waals surface area contributed by atoms with Gasteiger partial charge in [0.05, 0.1) is 13.2 Å². The molecule has 0 aromatic rings. The average molecular weight is 228 g/mol. The van der Waals surface area contributed by atoms with Crippen molar-refractivity contribution in [2.45, 2.75) is 26.8 Å². The van der Waals surface area contributed by atoms with Crippen LogP contribution in [0.25, 0.3) is 0 Å². The van der Waals surface area contributed by atoms with E-state index in [1.165, 1.54) is 0 Å². The van der Waals surface area contributed by atoms with Crippen LogP contribution < -0.4 is 5.32 Å².